The van der Waals surface area contributed by atoms with E-state index in [9.17, 15) is 9.59 Å². The molecule has 2 aliphatic heterocycles. The van der Waals surface area contributed by atoms with E-state index >= 15 is 0 Å². The van der Waals surface area contributed by atoms with Gasteiger partial charge in [-0.3, -0.25) is 14.8 Å². The monoisotopic (exact) mass is 312 g/mol. The van der Waals surface area contributed by atoms with E-state index in [0.717, 1.165) is 16.2 Å². The second-order valence-electron chi connectivity index (χ2n) is 5.55. The molecule has 23 heavy (non-hydrogen) atoms. The molecule has 2 aliphatic rings. The van der Waals surface area contributed by atoms with Crippen LogP contribution in [0.25, 0.3) is 0 Å². The third-order valence-corrected chi connectivity index (χ3v) is 4.04. The number of fused-ring (bicyclic) bond motifs is 1. The summed E-state index contributed by atoms with van der Waals surface area (Å²) in [5, 5.41) is 0. The van der Waals surface area contributed by atoms with Crippen LogP contribution >= 0.6 is 0 Å². The van der Waals surface area contributed by atoms with Gasteiger partial charge in [-0.2, -0.15) is 4.90 Å². The van der Waals surface area contributed by atoms with Crippen LogP contribution in [0.5, 0.6) is 0 Å². The summed E-state index contributed by atoms with van der Waals surface area (Å²) < 4.78 is 0. The van der Waals surface area contributed by atoms with Crippen molar-refractivity contribution in [2.24, 2.45) is 10.9 Å². The van der Waals surface area contributed by atoms with E-state index in [1.54, 1.807) is 19.4 Å². The largest absolute Gasteiger partial charge is 0.417 e. The fourth-order valence-corrected chi connectivity index (χ4v) is 2.71. The van der Waals surface area contributed by atoms with Gasteiger partial charge in [-0.15, -0.1) is 0 Å². The van der Waals surface area contributed by atoms with Crippen LogP contribution in [0.1, 0.15) is 12.6 Å². The molecular weight excluding hydrogens is 294 g/mol. The van der Waals surface area contributed by atoms with Crippen molar-refractivity contribution in [1.29, 1.82) is 0 Å². The quantitative estimate of drug-likeness (QED) is 0.804. The summed E-state index contributed by atoms with van der Waals surface area (Å²) in [6.45, 7) is 2.28. The second kappa shape index (κ2) is 5.75. The number of pyridine rings is 1. The molecule has 7 heteroatoms. The van der Waals surface area contributed by atoms with Crippen molar-refractivity contribution in [3.8, 4) is 0 Å². The maximum Gasteiger partial charge on any atom is 0.417 e. The molecule has 3 rings (SSSR count). The number of aromatic nitrogens is 1. The molecule has 0 spiro atoms. The molecule has 0 bridgehead atoms. The molecule has 7 nitrogen and oxygen atoms in total. The first-order valence-corrected chi connectivity index (χ1v) is 7.30. The fourth-order valence-electron chi connectivity index (χ4n) is 2.71. The SMILES string of the molecule is CC1=C[NH+]=C2C(C(=O)N(C)C(=O)N2C)C1=NCc1ccccn1. The third-order valence-electron chi connectivity index (χ3n) is 4.04. The molecular formula is C16H18N5O2+. The molecule has 1 unspecified atom stereocenters. The zero-order valence-electron chi connectivity index (χ0n) is 13.3. The number of hydrogen-bond donors (Lipinski definition) is 1. The lowest BCUT2D eigenvalue weighted by molar-refractivity contribution is -0.383. The minimum Gasteiger partial charge on any atom is -0.281 e. The standard InChI is InChI=1S/C16H17N5O2/c1-10-8-19-14-12(15(22)21(3)16(23)20(14)2)13(10)18-9-11-6-4-5-7-17-11/h4-8,12H,9H2,1-3H3/p+1. The number of amides is 3. The number of urea groups is 1. The van der Waals surface area contributed by atoms with E-state index in [4.69, 9.17) is 0 Å². The van der Waals surface area contributed by atoms with Crippen LogP contribution in [0.15, 0.2) is 41.2 Å². The maximum atomic E-state index is 12.6. The summed E-state index contributed by atoms with van der Waals surface area (Å²) in [7, 11) is 3.13. The Bertz CT molecular complexity index is 751. The van der Waals surface area contributed by atoms with Gasteiger partial charge in [-0.1, -0.05) is 6.07 Å². The maximum absolute atomic E-state index is 12.6. The zero-order valence-corrected chi connectivity index (χ0v) is 13.3. The zero-order chi connectivity index (χ0) is 16.6. The van der Waals surface area contributed by atoms with E-state index < -0.39 is 5.92 Å². The molecule has 1 N–H and O–H groups in total. The van der Waals surface area contributed by atoms with Crippen molar-refractivity contribution in [1.82, 2.24) is 14.8 Å². The smallest absolute Gasteiger partial charge is 0.281 e. The van der Waals surface area contributed by atoms with Crippen LogP contribution in [0.3, 0.4) is 0 Å². The molecule has 0 aromatic carbocycles. The molecule has 1 aromatic rings. The van der Waals surface area contributed by atoms with E-state index in [2.05, 4.69) is 15.0 Å². The van der Waals surface area contributed by atoms with Crippen molar-refractivity contribution in [3.63, 3.8) is 0 Å². The van der Waals surface area contributed by atoms with E-state index in [-0.39, 0.29) is 11.9 Å². The van der Waals surface area contributed by atoms with Crippen LogP contribution in [0.2, 0.25) is 0 Å². The predicted molar refractivity (Wildman–Crippen MR) is 84.5 cm³/mol. The number of carbonyl (C=O) groups is 2. The Morgan fingerprint density at radius 3 is 2.74 bits per heavy atom. The number of imide groups is 1. The molecule has 1 fully saturated rings. The van der Waals surface area contributed by atoms with Gasteiger partial charge >= 0.3 is 6.03 Å². The Kier molecular flexibility index (Phi) is 3.77. The van der Waals surface area contributed by atoms with E-state index in [1.807, 2.05) is 25.1 Å². The van der Waals surface area contributed by atoms with Crippen molar-refractivity contribution in [2.75, 3.05) is 14.1 Å². The Hall–Kier alpha value is -2.83. The number of aliphatic imine (C=N–C) groups is 1. The molecule has 118 valence electrons. The van der Waals surface area contributed by atoms with Gasteiger partial charge in [0, 0.05) is 18.8 Å². The molecule has 0 aliphatic carbocycles. The first kappa shape index (κ1) is 15.1. The van der Waals surface area contributed by atoms with Gasteiger partial charge in [0.05, 0.1) is 31.2 Å². The predicted octanol–water partition coefficient (Wildman–Crippen LogP) is -0.441. The molecule has 1 aromatic heterocycles. The van der Waals surface area contributed by atoms with Gasteiger partial charge in [0.25, 0.3) is 11.7 Å². The van der Waals surface area contributed by atoms with Crippen LogP contribution in [0.4, 0.5) is 4.79 Å². The second-order valence-corrected chi connectivity index (χ2v) is 5.55. The van der Waals surface area contributed by atoms with Gasteiger partial charge in [-0.25, -0.2) is 14.7 Å². The van der Waals surface area contributed by atoms with Crippen molar-refractivity contribution in [3.05, 3.63) is 41.9 Å². The molecule has 0 saturated carbocycles. The van der Waals surface area contributed by atoms with Gasteiger partial charge in [0.15, 0.2) is 5.92 Å². The van der Waals surface area contributed by atoms with Gasteiger partial charge < -0.3 is 0 Å². The van der Waals surface area contributed by atoms with Gasteiger partial charge in [0.1, 0.15) is 0 Å². The first-order valence-electron chi connectivity index (χ1n) is 7.30. The summed E-state index contributed by atoms with van der Waals surface area (Å²) in [6.07, 6.45) is 3.48. The average molecular weight is 312 g/mol. The van der Waals surface area contributed by atoms with E-state index in [0.29, 0.717) is 18.1 Å². The van der Waals surface area contributed by atoms with Crippen LogP contribution in [-0.2, 0) is 11.3 Å². The van der Waals surface area contributed by atoms with Crippen molar-refractivity contribution < 1.29 is 14.6 Å². The average Bonchev–Trinajstić information content (AvgIpc) is 2.57. The Morgan fingerprint density at radius 1 is 1.26 bits per heavy atom. The highest BCUT2D eigenvalue weighted by molar-refractivity contribution is 6.31. The van der Waals surface area contributed by atoms with Crippen LogP contribution in [0, 0.1) is 5.92 Å². The highest BCUT2D eigenvalue weighted by Gasteiger charge is 2.50. The minimum absolute atomic E-state index is 0.275. The highest BCUT2D eigenvalue weighted by atomic mass is 16.2. The summed E-state index contributed by atoms with van der Waals surface area (Å²) in [6, 6.07) is 5.28. The molecule has 1 saturated heterocycles. The summed E-state index contributed by atoms with van der Waals surface area (Å²) >= 11 is 0. The minimum atomic E-state index is -0.587. The number of allylic oxidation sites excluding steroid dienone is 1. The molecule has 0 radical (unpaired) electrons. The van der Waals surface area contributed by atoms with Crippen LogP contribution < -0.4 is 4.99 Å². The van der Waals surface area contributed by atoms with Crippen molar-refractivity contribution >= 4 is 23.5 Å². The topological polar surface area (TPSA) is 79.8 Å². The number of nitrogens with zero attached hydrogens (tertiary/aromatic N) is 4. The number of nitrogens with one attached hydrogen (secondary N) is 1. The first-order chi connectivity index (χ1) is 11.0. The summed E-state index contributed by atoms with van der Waals surface area (Å²) in [5.74, 6) is -0.317. The number of amidine groups is 1. The summed E-state index contributed by atoms with van der Waals surface area (Å²) in [5.41, 5.74) is 2.37. The summed E-state index contributed by atoms with van der Waals surface area (Å²) in [4.78, 5) is 39.1. The lowest BCUT2D eigenvalue weighted by Crippen LogP contribution is -2.80. The Morgan fingerprint density at radius 2 is 2.04 bits per heavy atom. The van der Waals surface area contributed by atoms with E-state index in [1.165, 1.54) is 11.9 Å². The Balaban J connectivity index is 1.97. The highest BCUT2D eigenvalue weighted by Crippen LogP contribution is 2.21. The normalized spacial score (nSPS) is 22.9. The lowest BCUT2D eigenvalue weighted by atomic mass is 9.91. The Labute approximate surface area is 134 Å². The lowest BCUT2D eigenvalue weighted by Gasteiger charge is -2.32. The number of carbonyl (C=O) groups excluding carboxylic acids is 2. The number of hydrogen-bond acceptors (Lipinski definition) is 4. The van der Waals surface area contributed by atoms with Crippen LogP contribution in [-0.4, -0.2) is 52.4 Å². The fraction of sp³-hybridized carbons (Fsp3) is 0.312. The van der Waals surface area contributed by atoms with Crippen molar-refractivity contribution in [2.45, 2.75) is 13.5 Å². The molecule has 3 heterocycles. The molecule has 1 atom stereocenters. The molecule has 3 amide bonds. The van der Waals surface area contributed by atoms with Gasteiger partial charge in [-0.05, 0) is 19.1 Å². The number of rotatable bonds is 2. The third kappa shape index (κ3) is 2.54. The van der Waals surface area contributed by atoms with Gasteiger partial charge in [0.2, 0.25) is 0 Å².